The van der Waals surface area contributed by atoms with E-state index in [4.69, 9.17) is 27.0 Å². The van der Waals surface area contributed by atoms with Crippen molar-refractivity contribution in [3.8, 4) is 0 Å². The Labute approximate surface area is 249 Å². The number of ether oxygens (including phenoxy) is 2. The first-order valence-corrected chi connectivity index (χ1v) is 16.4. The largest absolute Gasteiger partial charge is 0.462 e. The number of carbonyl (C=O) groups is 2. The molecule has 2 rings (SSSR count). The van der Waals surface area contributed by atoms with Crippen LogP contribution in [0.3, 0.4) is 0 Å². The normalized spacial score (nSPS) is 22.8. The van der Waals surface area contributed by atoms with Crippen molar-refractivity contribution in [3.63, 3.8) is 0 Å². The molecule has 0 bridgehead atoms. The van der Waals surface area contributed by atoms with Crippen molar-refractivity contribution < 1.29 is 36.6 Å². The summed E-state index contributed by atoms with van der Waals surface area (Å²) in [6.07, 6.45) is 10.5. The van der Waals surface area contributed by atoms with Crippen LogP contribution < -0.4 is 0 Å². The zero-order chi connectivity index (χ0) is 31.9. The predicted molar refractivity (Wildman–Crippen MR) is 161 cm³/mol. The van der Waals surface area contributed by atoms with E-state index in [-0.39, 0.29) is 46.3 Å². The smallest absolute Gasteiger partial charge is 0.394 e. The minimum Gasteiger partial charge on any atom is -0.462 e. The second kappa shape index (κ2) is 14.9. The molecule has 2 aliphatic heterocycles. The Bertz CT molecular complexity index is 856. The fourth-order valence-electron chi connectivity index (χ4n) is 6.46. The molecule has 0 saturated carbocycles. The first-order chi connectivity index (χ1) is 18.5. The van der Waals surface area contributed by atoms with Crippen molar-refractivity contribution in [1.82, 2.24) is 9.80 Å². The van der Waals surface area contributed by atoms with Crippen LogP contribution in [0.5, 0.6) is 0 Å². The highest BCUT2D eigenvalue weighted by Gasteiger charge is 2.45. The molecule has 0 atom stereocenters. The predicted octanol–water partition coefficient (Wildman–Crippen LogP) is 5.84. The van der Waals surface area contributed by atoms with Crippen LogP contribution in [0.4, 0.5) is 0 Å². The number of unbranched alkanes of at least 4 members (excludes halogenated alkanes) is 5. The SMILES string of the molecule is CN1C(C)(C)CC(OC(=O)CCCCCCCCC(=O)OC2CC(C)(C)N(C)C(C)(C)C2)CC1(C)C.O=S(=O)(O)O. The van der Waals surface area contributed by atoms with E-state index in [0.29, 0.717) is 12.8 Å². The average molecular weight is 607 g/mol. The Morgan fingerprint density at radius 3 is 1.07 bits per heavy atom. The van der Waals surface area contributed by atoms with Gasteiger partial charge < -0.3 is 9.47 Å². The number of rotatable bonds is 11. The van der Waals surface area contributed by atoms with E-state index in [2.05, 4.69) is 79.3 Å². The van der Waals surface area contributed by atoms with Crippen molar-refractivity contribution in [2.45, 2.75) is 167 Å². The number of carbonyl (C=O) groups excluding carboxylic acids is 2. The standard InChI is InChI=1S/C30H56N2O4.H2O4S/c1-27(2)19-23(20-28(3,4)31(27)9)35-25(33)17-15-13-11-12-14-16-18-26(34)36-24-21-29(5,6)32(10)30(7,8)22-24;1-5(2,3)4/h23-24H,11-22H2,1-10H3;(H2,1,2,3,4). The Hall–Kier alpha value is -1.27. The number of hydrogen-bond acceptors (Lipinski definition) is 8. The molecule has 2 saturated heterocycles. The molecule has 0 aromatic heterocycles. The molecular weight excluding hydrogens is 548 g/mol. The monoisotopic (exact) mass is 606 g/mol. The maximum Gasteiger partial charge on any atom is 0.394 e. The van der Waals surface area contributed by atoms with Crippen LogP contribution >= 0.6 is 0 Å². The van der Waals surface area contributed by atoms with Crippen molar-refractivity contribution in [2.75, 3.05) is 14.1 Å². The van der Waals surface area contributed by atoms with E-state index in [1.807, 2.05) is 0 Å². The van der Waals surface area contributed by atoms with Crippen molar-refractivity contribution in [3.05, 3.63) is 0 Å². The van der Waals surface area contributed by atoms with Gasteiger partial charge in [0.25, 0.3) is 0 Å². The molecule has 0 unspecified atom stereocenters. The van der Waals surface area contributed by atoms with E-state index >= 15 is 0 Å². The highest BCUT2D eigenvalue weighted by molar-refractivity contribution is 7.79. The van der Waals surface area contributed by atoms with Gasteiger partial charge in [-0.25, -0.2) is 0 Å². The van der Waals surface area contributed by atoms with Gasteiger partial charge in [0, 0.05) is 60.7 Å². The molecule has 242 valence electrons. The van der Waals surface area contributed by atoms with Gasteiger partial charge in [0.05, 0.1) is 0 Å². The molecule has 41 heavy (non-hydrogen) atoms. The summed E-state index contributed by atoms with van der Waals surface area (Å²) in [6, 6.07) is 0. The topological polar surface area (TPSA) is 134 Å². The summed E-state index contributed by atoms with van der Waals surface area (Å²) in [5, 5.41) is 0. The quantitative estimate of drug-likeness (QED) is 0.168. The Balaban J connectivity index is 0.00000154. The number of hydrogen-bond donors (Lipinski definition) is 2. The number of nitrogens with zero attached hydrogens (tertiary/aromatic N) is 2. The van der Waals surface area contributed by atoms with Crippen LogP contribution in [0, 0.1) is 0 Å². The highest BCUT2D eigenvalue weighted by atomic mass is 32.3. The molecule has 0 spiro atoms. The zero-order valence-corrected chi connectivity index (χ0v) is 28.1. The summed E-state index contributed by atoms with van der Waals surface area (Å²) in [4.78, 5) is 29.6. The van der Waals surface area contributed by atoms with Crippen LogP contribution in [0.2, 0.25) is 0 Å². The minimum atomic E-state index is -4.67. The van der Waals surface area contributed by atoms with Gasteiger partial charge in [-0.3, -0.25) is 28.5 Å². The fraction of sp³-hybridized carbons (Fsp3) is 0.933. The van der Waals surface area contributed by atoms with Gasteiger partial charge in [-0.15, -0.1) is 0 Å². The van der Waals surface area contributed by atoms with Gasteiger partial charge in [-0.2, -0.15) is 8.42 Å². The lowest BCUT2D eigenvalue weighted by atomic mass is 9.78. The lowest BCUT2D eigenvalue weighted by Crippen LogP contribution is -2.60. The van der Waals surface area contributed by atoms with Gasteiger partial charge in [-0.05, 0) is 82.3 Å². The molecule has 0 aliphatic carbocycles. The molecule has 2 fully saturated rings. The molecule has 0 aromatic carbocycles. The van der Waals surface area contributed by atoms with Crippen molar-refractivity contribution >= 4 is 22.3 Å². The highest BCUT2D eigenvalue weighted by Crippen LogP contribution is 2.39. The molecule has 2 N–H and O–H groups in total. The van der Waals surface area contributed by atoms with E-state index in [9.17, 15) is 9.59 Å². The molecule has 2 heterocycles. The van der Waals surface area contributed by atoms with Gasteiger partial charge >= 0.3 is 22.3 Å². The third-order valence-corrected chi connectivity index (χ3v) is 9.15. The van der Waals surface area contributed by atoms with Gasteiger partial charge in [0.1, 0.15) is 12.2 Å². The fourth-order valence-corrected chi connectivity index (χ4v) is 6.46. The summed E-state index contributed by atoms with van der Waals surface area (Å²) >= 11 is 0. The molecule has 0 aromatic rings. The van der Waals surface area contributed by atoms with E-state index in [1.54, 1.807) is 0 Å². The number of esters is 2. The molecule has 0 radical (unpaired) electrons. The lowest BCUT2D eigenvalue weighted by Gasteiger charge is -2.53. The van der Waals surface area contributed by atoms with Crippen LogP contribution in [-0.4, -0.2) is 87.7 Å². The maximum absolute atomic E-state index is 12.4. The summed E-state index contributed by atoms with van der Waals surface area (Å²) in [5.41, 5.74) is 0.109. The van der Waals surface area contributed by atoms with E-state index in [1.165, 1.54) is 0 Å². The van der Waals surface area contributed by atoms with Gasteiger partial charge in [0.15, 0.2) is 0 Å². The zero-order valence-electron chi connectivity index (χ0n) is 27.3. The van der Waals surface area contributed by atoms with E-state index < -0.39 is 10.4 Å². The summed E-state index contributed by atoms with van der Waals surface area (Å²) in [7, 11) is -0.338. The Kier molecular flexibility index (Phi) is 13.8. The molecule has 10 nitrogen and oxygen atoms in total. The van der Waals surface area contributed by atoms with Gasteiger partial charge in [-0.1, -0.05) is 25.7 Å². The van der Waals surface area contributed by atoms with Gasteiger partial charge in [0.2, 0.25) is 0 Å². The Morgan fingerprint density at radius 1 is 0.610 bits per heavy atom. The van der Waals surface area contributed by atoms with Crippen LogP contribution in [-0.2, 0) is 29.5 Å². The van der Waals surface area contributed by atoms with E-state index in [0.717, 1.165) is 64.2 Å². The summed E-state index contributed by atoms with van der Waals surface area (Å²) < 4.78 is 43.3. The maximum atomic E-state index is 12.4. The number of piperidine rings is 2. The third kappa shape index (κ3) is 13.7. The summed E-state index contributed by atoms with van der Waals surface area (Å²) in [5.74, 6) is -0.113. The average Bonchev–Trinajstić information content (AvgIpc) is 2.75. The Morgan fingerprint density at radius 2 is 0.829 bits per heavy atom. The molecule has 0 amide bonds. The summed E-state index contributed by atoms with van der Waals surface area (Å²) in [6.45, 7) is 17.8. The second-order valence-electron chi connectivity index (χ2n) is 14.5. The third-order valence-electron chi connectivity index (χ3n) is 9.15. The van der Waals surface area contributed by atoms with Crippen LogP contribution in [0.25, 0.3) is 0 Å². The molecule has 11 heteroatoms. The number of likely N-dealkylation sites (tertiary alicyclic amines) is 2. The van der Waals surface area contributed by atoms with Crippen LogP contribution in [0.15, 0.2) is 0 Å². The van der Waals surface area contributed by atoms with Crippen molar-refractivity contribution in [1.29, 1.82) is 0 Å². The molecule has 2 aliphatic rings. The van der Waals surface area contributed by atoms with Crippen molar-refractivity contribution in [2.24, 2.45) is 0 Å². The van der Waals surface area contributed by atoms with Crippen LogP contribution in [0.1, 0.15) is 132 Å². The lowest BCUT2D eigenvalue weighted by molar-refractivity contribution is -0.160. The molecular formula is C30H58N2O8S. The first kappa shape index (κ1) is 37.8. The minimum absolute atomic E-state index is 0.00474. The second-order valence-corrected chi connectivity index (χ2v) is 15.4. The first-order valence-electron chi connectivity index (χ1n) is 15.0.